The van der Waals surface area contributed by atoms with E-state index in [1.807, 2.05) is 13.0 Å². The molecular weight excluding hydrogens is 248 g/mol. The molecule has 4 nitrogen and oxygen atoms in total. The Morgan fingerprint density at radius 3 is 2.89 bits per heavy atom. The van der Waals surface area contributed by atoms with E-state index in [1.165, 1.54) is 19.4 Å². The molecule has 1 aromatic heterocycles. The Bertz CT molecular complexity index is 410. The first-order valence-electron chi connectivity index (χ1n) is 6.55. The summed E-state index contributed by atoms with van der Waals surface area (Å²) in [5.41, 5.74) is 0. The van der Waals surface area contributed by atoms with Gasteiger partial charge in [0, 0.05) is 32.1 Å². The van der Waals surface area contributed by atoms with Crippen molar-refractivity contribution < 1.29 is 0 Å². The molecule has 0 amide bonds. The quantitative estimate of drug-likeness (QED) is 0.784. The van der Waals surface area contributed by atoms with E-state index in [-0.39, 0.29) is 0 Å². The van der Waals surface area contributed by atoms with Crippen LogP contribution in [0.2, 0.25) is 5.15 Å². The molecule has 0 N–H and O–H groups in total. The maximum absolute atomic E-state index is 6.03. The number of likely N-dealkylation sites (N-methyl/N-ethyl adjacent to an activating group) is 2. The molecule has 5 heteroatoms. The molecule has 1 saturated heterocycles. The molecular formula is C13H21ClN4. The zero-order valence-corrected chi connectivity index (χ0v) is 12.1. The number of likely N-dealkylation sites (tertiary alicyclic amines) is 1. The summed E-state index contributed by atoms with van der Waals surface area (Å²) in [7, 11) is 4.26. The lowest BCUT2D eigenvalue weighted by Gasteiger charge is -2.26. The van der Waals surface area contributed by atoms with Crippen LogP contribution >= 0.6 is 11.6 Å². The van der Waals surface area contributed by atoms with Gasteiger partial charge in [-0.15, -0.1) is 0 Å². The normalized spacial score (nSPS) is 20.3. The molecule has 1 unspecified atom stereocenters. The summed E-state index contributed by atoms with van der Waals surface area (Å²) in [4.78, 5) is 13.3. The van der Waals surface area contributed by atoms with Crippen LogP contribution in [0.4, 0.5) is 5.82 Å². The molecule has 1 aromatic rings. The maximum Gasteiger partial charge on any atom is 0.134 e. The highest BCUT2D eigenvalue weighted by Gasteiger charge is 2.22. The van der Waals surface area contributed by atoms with Gasteiger partial charge in [-0.3, -0.25) is 0 Å². The lowest BCUT2D eigenvalue weighted by Crippen LogP contribution is -2.37. The number of hydrogen-bond acceptors (Lipinski definition) is 4. The van der Waals surface area contributed by atoms with E-state index in [0.717, 1.165) is 24.6 Å². The number of anilines is 1. The Balaban J connectivity index is 2.08. The molecule has 0 aliphatic carbocycles. The predicted octanol–water partition coefficient (Wildman–Crippen LogP) is 2.22. The van der Waals surface area contributed by atoms with Gasteiger partial charge in [0.25, 0.3) is 0 Å². The second kappa shape index (κ2) is 5.85. The van der Waals surface area contributed by atoms with Crippen molar-refractivity contribution in [3.63, 3.8) is 0 Å². The summed E-state index contributed by atoms with van der Waals surface area (Å²) in [6.45, 7) is 4.23. The van der Waals surface area contributed by atoms with Crippen molar-refractivity contribution >= 4 is 17.4 Å². The van der Waals surface area contributed by atoms with Gasteiger partial charge in [-0.05, 0) is 26.4 Å². The molecule has 0 bridgehead atoms. The second-order valence-corrected chi connectivity index (χ2v) is 5.36. The van der Waals surface area contributed by atoms with Gasteiger partial charge < -0.3 is 9.80 Å². The Hall–Kier alpha value is -0.870. The highest BCUT2D eigenvalue weighted by atomic mass is 35.5. The fourth-order valence-corrected chi connectivity index (χ4v) is 2.62. The standard InChI is InChI=1S/C13H21ClN4/c1-4-12-15-11(14)8-13(16-12)18(3)9-10-6-5-7-17(10)2/h8,10H,4-7,9H2,1-3H3. The second-order valence-electron chi connectivity index (χ2n) is 4.98. The van der Waals surface area contributed by atoms with E-state index in [1.54, 1.807) is 0 Å². The summed E-state index contributed by atoms with van der Waals surface area (Å²) < 4.78 is 0. The van der Waals surface area contributed by atoms with Crippen molar-refractivity contribution in [2.75, 3.05) is 32.1 Å². The number of rotatable bonds is 4. The highest BCUT2D eigenvalue weighted by molar-refractivity contribution is 6.29. The van der Waals surface area contributed by atoms with Gasteiger partial charge in [0.2, 0.25) is 0 Å². The molecule has 0 aromatic carbocycles. The van der Waals surface area contributed by atoms with E-state index in [9.17, 15) is 0 Å². The van der Waals surface area contributed by atoms with Crippen LogP contribution in [0.3, 0.4) is 0 Å². The molecule has 0 spiro atoms. The molecule has 1 aliphatic rings. The Labute approximate surface area is 114 Å². The lowest BCUT2D eigenvalue weighted by molar-refractivity contribution is 0.314. The number of aromatic nitrogens is 2. The maximum atomic E-state index is 6.03. The first kappa shape index (κ1) is 13.6. The average molecular weight is 269 g/mol. The van der Waals surface area contributed by atoms with Crippen molar-refractivity contribution in [3.8, 4) is 0 Å². The van der Waals surface area contributed by atoms with Crippen LogP contribution in [-0.2, 0) is 6.42 Å². The zero-order valence-electron chi connectivity index (χ0n) is 11.4. The van der Waals surface area contributed by atoms with Crippen LogP contribution in [0.1, 0.15) is 25.6 Å². The summed E-state index contributed by atoms with van der Waals surface area (Å²) in [6, 6.07) is 2.46. The lowest BCUT2D eigenvalue weighted by atomic mass is 10.2. The van der Waals surface area contributed by atoms with Crippen molar-refractivity contribution in [3.05, 3.63) is 17.0 Å². The van der Waals surface area contributed by atoms with Crippen molar-refractivity contribution in [1.82, 2.24) is 14.9 Å². The van der Waals surface area contributed by atoms with Crippen LogP contribution < -0.4 is 4.90 Å². The van der Waals surface area contributed by atoms with Gasteiger partial charge >= 0.3 is 0 Å². The number of halogens is 1. The van der Waals surface area contributed by atoms with Crippen LogP contribution in [0, 0.1) is 0 Å². The fraction of sp³-hybridized carbons (Fsp3) is 0.692. The first-order valence-corrected chi connectivity index (χ1v) is 6.92. The minimum atomic E-state index is 0.531. The average Bonchev–Trinajstić information content (AvgIpc) is 2.74. The third kappa shape index (κ3) is 3.12. The first-order chi connectivity index (χ1) is 8.60. The Kier molecular flexibility index (Phi) is 4.40. The van der Waals surface area contributed by atoms with Gasteiger partial charge in [0.05, 0.1) is 0 Å². The molecule has 100 valence electrons. The van der Waals surface area contributed by atoms with Gasteiger partial charge in [0.1, 0.15) is 16.8 Å². The minimum Gasteiger partial charge on any atom is -0.358 e. The largest absolute Gasteiger partial charge is 0.358 e. The topological polar surface area (TPSA) is 32.3 Å². The monoisotopic (exact) mass is 268 g/mol. The van der Waals surface area contributed by atoms with Crippen LogP contribution in [-0.4, -0.2) is 48.1 Å². The van der Waals surface area contributed by atoms with Gasteiger partial charge in [-0.1, -0.05) is 18.5 Å². The van der Waals surface area contributed by atoms with Gasteiger partial charge in [-0.25, -0.2) is 9.97 Å². The van der Waals surface area contributed by atoms with E-state index < -0.39 is 0 Å². The molecule has 2 heterocycles. The summed E-state index contributed by atoms with van der Waals surface area (Å²) in [5, 5.41) is 0.531. The molecule has 0 radical (unpaired) electrons. The minimum absolute atomic E-state index is 0.531. The molecule has 0 saturated carbocycles. The fourth-order valence-electron chi connectivity index (χ4n) is 2.42. The van der Waals surface area contributed by atoms with E-state index >= 15 is 0 Å². The molecule has 1 fully saturated rings. The van der Waals surface area contributed by atoms with Crippen LogP contribution in [0.5, 0.6) is 0 Å². The number of hydrogen-bond donors (Lipinski definition) is 0. The summed E-state index contributed by atoms with van der Waals surface area (Å²) in [6.07, 6.45) is 3.37. The Morgan fingerprint density at radius 1 is 1.50 bits per heavy atom. The highest BCUT2D eigenvalue weighted by Crippen LogP contribution is 2.20. The number of nitrogens with zero attached hydrogens (tertiary/aromatic N) is 4. The zero-order chi connectivity index (χ0) is 13.1. The molecule has 18 heavy (non-hydrogen) atoms. The van der Waals surface area contributed by atoms with E-state index in [2.05, 4.69) is 33.9 Å². The SMILES string of the molecule is CCc1nc(Cl)cc(N(C)CC2CCCN2C)n1. The van der Waals surface area contributed by atoms with Crippen molar-refractivity contribution in [2.45, 2.75) is 32.2 Å². The van der Waals surface area contributed by atoms with Crippen molar-refractivity contribution in [2.24, 2.45) is 0 Å². The van der Waals surface area contributed by atoms with E-state index in [4.69, 9.17) is 11.6 Å². The molecule has 2 rings (SSSR count). The van der Waals surface area contributed by atoms with Crippen LogP contribution in [0.25, 0.3) is 0 Å². The Morgan fingerprint density at radius 2 is 2.28 bits per heavy atom. The van der Waals surface area contributed by atoms with E-state index in [0.29, 0.717) is 11.2 Å². The van der Waals surface area contributed by atoms with Crippen LogP contribution in [0.15, 0.2) is 6.07 Å². The van der Waals surface area contributed by atoms with Crippen molar-refractivity contribution in [1.29, 1.82) is 0 Å². The molecule has 1 atom stereocenters. The number of aryl methyl sites for hydroxylation is 1. The predicted molar refractivity (Wildman–Crippen MR) is 75.3 cm³/mol. The smallest absolute Gasteiger partial charge is 0.134 e. The third-order valence-electron chi connectivity index (χ3n) is 3.59. The van der Waals surface area contributed by atoms with Gasteiger partial charge in [-0.2, -0.15) is 0 Å². The van der Waals surface area contributed by atoms with Gasteiger partial charge in [0.15, 0.2) is 0 Å². The third-order valence-corrected chi connectivity index (χ3v) is 3.78. The molecule has 1 aliphatic heterocycles. The summed E-state index contributed by atoms with van der Waals surface area (Å²) >= 11 is 6.03. The summed E-state index contributed by atoms with van der Waals surface area (Å²) in [5.74, 6) is 1.73.